The summed E-state index contributed by atoms with van der Waals surface area (Å²) < 4.78 is 10.3. The zero-order valence-corrected chi connectivity index (χ0v) is 24.2. The molecule has 43 heavy (non-hydrogen) atoms. The fourth-order valence-corrected chi connectivity index (χ4v) is 5.04. The molecule has 0 unspecified atom stereocenters. The molecule has 8 heteroatoms. The van der Waals surface area contributed by atoms with E-state index in [4.69, 9.17) is 14.5 Å². The number of pyridine rings is 3. The van der Waals surface area contributed by atoms with E-state index in [9.17, 15) is 9.59 Å². The second kappa shape index (κ2) is 11.9. The van der Waals surface area contributed by atoms with Gasteiger partial charge in [-0.25, -0.2) is 9.97 Å². The predicted molar refractivity (Wildman–Crippen MR) is 167 cm³/mol. The van der Waals surface area contributed by atoms with Gasteiger partial charge in [-0.3, -0.25) is 14.6 Å². The number of hydrogen-bond acceptors (Lipinski definition) is 8. The van der Waals surface area contributed by atoms with Crippen molar-refractivity contribution in [2.24, 2.45) is 0 Å². The molecule has 3 aromatic carbocycles. The van der Waals surface area contributed by atoms with E-state index in [1.54, 1.807) is 0 Å². The van der Waals surface area contributed by atoms with Crippen molar-refractivity contribution in [3.8, 4) is 0 Å². The molecule has 8 nitrogen and oxygen atoms in total. The molecule has 0 radical (unpaired) electrons. The van der Waals surface area contributed by atoms with Crippen molar-refractivity contribution in [1.29, 1.82) is 0 Å². The molecule has 6 rings (SSSR count). The smallest absolute Gasteiger partial charge is 0.303 e. The molecule has 0 saturated heterocycles. The highest BCUT2D eigenvalue weighted by atomic mass is 16.5. The largest absolute Gasteiger partial charge is 0.459 e. The lowest BCUT2D eigenvalue weighted by molar-refractivity contribution is -0.143. The van der Waals surface area contributed by atoms with E-state index in [1.807, 2.05) is 48.5 Å². The highest BCUT2D eigenvalue weighted by Crippen LogP contribution is 2.38. The number of aryl methyl sites for hydroxylation is 1. The molecule has 0 fully saturated rings. The summed E-state index contributed by atoms with van der Waals surface area (Å²) in [5.41, 5.74) is 7.91. The van der Waals surface area contributed by atoms with Gasteiger partial charge in [0.05, 0.1) is 27.9 Å². The Morgan fingerprint density at radius 3 is 1.30 bits per heavy atom. The van der Waals surface area contributed by atoms with Crippen molar-refractivity contribution in [2.75, 3.05) is 4.90 Å². The molecular formula is C35H30N4O4. The third kappa shape index (κ3) is 6.13. The van der Waals surface area contributed by atoms with Crippen molar-refractivity contribution in [1.82, 2.24) is 15.0 Å². The molecule has 0 amide bonds. The van der Waals surface area contributed by atoms with Gasteiger partial charge in [0.2, 0.25) is 0 Å². The average molecular weight is 571 g/mol. The highest BCUT2D eigenvalue weighted by Gasteiger charge is 2.16. The number of esters is 2. The summed E-state index contributed by atoms with van der Waals surface area (Å²) in [5, 5.41) is 2.97. The zero-order chi connectivity index (χ0) is 29.9. The highest BCUT2D eigenvalue weighted by molar-refractivity contribution is 5.93. The van der Waals surface area contributed by atoms with Gasteiger partial charge in [0.15, 0.2) is 0 Å². The summed E-state index contributed by atoms with van der Waals surface area (Å²) in [4.78, 5) is 38.9. The van der Waals surface area contributed by atoms with E-state index in [1.165, 1.54) is 13.8 Å². The van der Waals surface area contributed by atoms with Gasteiger partial charge < -0.3 is 14.4 Å². The van der Waals surface area contributed by atoms with E-state index in [-0.39, 0.29) is 25.2 Å². The van der Waals surface area contributed by atoms with E-state index in [0.717, 1.165) is 61.9 Å². The molecule has 0 bridgehead atoms. The number of aromatic nitrogens is 3. The van der Waals surface area contributed by atoms with Crippen LogP contribution >= 0.6 is 0 Å². The first-order valence-electron chi connectivity index (χ1n) is 14.1. The molecule has 0 aliphatic heterocycles. The van der Waals surface area contributed by atoms with Crippen molar-refractivity contribution < 1.29 is 19.1 Å². The van der Waals surface area contributed by atoms with Crippen LogP contribution < -0.4 is 4.90 Å². The van der Waals surface area contributed by atoms with Crippen LogP contribution in [0.2, 0.25) is 0 Å². The normalized spacial score (nSPS) is 11.1. The number of rotatable bonds is 8. The van der Waals surface area contributed by atoms with Crippen LogP contribution in [0.15, 0.2) is 91.0 Å². The molecular weight excluding hydrogens is 540 g/mol. The maximum absolute atomic E-state index is 11.3. The van der Waals surface area contributed by atoms with E-state index < -0.39 is 0 Å². The molecule has 3 aromatic heterocycles. The predicted octanol–water partition coefficient (Wildman–Crippen LogP) is 7.49. The minimum Gasteiger partial charge on any atom is -0.459 e. The summed E-state index contributed by atoms with van der Waals surface area (Å²) in [6, 6.07) is 30.5. The van der Waals surface area contributed by atoms with Crippen LogP contribution in [0.4, 0.5) is 17.1 Å². The van der Waals surface area contributed by atoms with Crippen LogP contribution in [0.5, 0.6) is 0 Å². The lowest BCUT2D eigenvalue weighted by atomic mass is 10.1. The second-order valence-electron chi connectivity index (χ2n) is 10.3. The molecule has 0 aliphatic rings. The first kappa shape index (κ1) is 27.8. The number of ether oxygens (including phenoxy) is 2. The first-order chi connectivity index (χ1) is 20.9. The van der Waals surface area contributed by atoms with Gasteiger partial charge in [-0.05, 0) is 79.2 Å². The lowest BCUT2D eigenvalue weighted by Gasteiger charge is -2.26. The van der Waals surface area contributed by atoms with E-state index >= 15 is 0 Å². The van der Waals surface area contributed by atoms with Gasteiger partial charge in [-0.15, -0.1) is 0 Å². The Balaban J connectivity index is 1.44. The number of carbonyl (C=O) groups excluding carboxylic acids is 2. The number of fused-ring (bicyclic) bond motifs is 3. The van der Waals surface area contributed by atoms with Crippen LogP contribution in [-0.2, 0) is 38.7 Å². The summed E-state index contributed by atoms with van der Waals surface area (Å²) in [6.07, 6.45) is 0.880. The molecule has 0 spiro atoms. The third-order valence-electron chi connectivity index (χ3n) is 7.17. The standard InChI is InChI=1S/C35H30N4O4/c1-4-27-8-5-24-17-30(11-14-33(24)36-27)39(31-12-15-34-25(18-31)6-9-28(37-34)20-42-22(2)40)32-13-16-35-26(19-32)7-10-29(38-35)21-43-23(3)41/h5-19H,4,20-21H2,1-3H3. The number of nitrogens with zero attached hydrogens (tertiary/aromatic N) is 4. The Bertz CT molecular complexity index is 1900. The van der Waals surface area contributed by atoms with Crippen molar-refractivity contribution in [2.45, 2.75) is 40.4 Å². The summed E-state index contributed by atoms with van der Waals surface area (Å²) in [6.45, 7) is 5.15. The van der Waals surface area contributed by atoms with E-state index in [0.29, 0.717) is 11.4 Å². The fourth-order valence-electron chi connectivity index (χ4n) is 5.04. The number of anilines is 3. The van der Waals surface area contributed by atoms with Gasteiger partial charge in [-0.1, -0.05) is 25.1 Å². The van der Waals surface area contributed by atoms with Crippen molar-refractivity contribution in [3.63, 3.8) is 0 Å². The van der Waals surface area contributed by atoms with Crippen LogP contribution in [0.3, 0.4) is 0 Å². The Morgan fingerprint density at radius 2 is 0.930 bits per heavy atom. The average Bonchev–Trinajstić information content (AvgIpc) is 3.02. The fraction of sp³-hybridized carbons (Fsp3) is 0.171. The molecule has 0 N–H and O–H groups in total. The summed E-state index contributed by atoms with van der Waals surface area (Å²) in [5.74, 6) is -0.675. The molecule has 6 aromatic rings. The Morgan fingerprint density at radius 1 is 0.558 bits per heavy atom. The van der Waals surface area contributed by atoms with Gasteiger partial charge in [0, 0.05) is 52.8 Å². The van der Waals surface area contributed by atoms with Gasteiger partial charge in [0.1, 0.15) is 13.2 Å². The summed E-state index contributed by atoms with van der Waals surface area (Å²) >= 11 is 0. The van der Waals surface area contributed by atoms with Crippen LogP contribution in [-0.4, -0.2) is 26.9 Å². The number of benzene rings is 3. The Labute approximate surface area is 248 Å². The molecule has 0 saturated carbocycles. The van der Waals surface area contributed by atoms with Crippen LogP contribution in [0, 0.1) is 0 Å². The quantitative estimate of drug-likeness (QED) is 0.174. The topological polar surface area (TPSA) is 94.5 Å². The van der Waals surface area contributed by atoms with Gasteiger partial charge in [-0.2, -0.15) is 0 Å². The first-order valence-corrected chi connectivity index (χ1v) is 14.1. The van der Waals surface area contributed by atoms with Crippen LogP contribution in [0.1, 0.15) is 37.9 Å². The van der Waals surface area contributed by atoms with Crippen LogP contribution in [0.25, 0.3) is 32.7 Å². The Hall–Kier alpha value is -5.37. The minimum absolute atomic E-state index is 0.137. The molecule has 0 aliphatic carbocycles. The third-order valence-corrected chi connectivity index (χ3v) is 7.17. The van der Waals surface area contributed by atoms with Crippen molar-refractivity contribution >= 4 is 61.7 Å². The molecule has 3 heterocycles. The monoisotopic (exact) mass is 570 g/mol. The van der Waals surface area contributed by atoms with Crippen molar-refractivity contribution in [3.05, 3.63) is 108 Å². The molecule has 0 atom stereocenters. The van der Waals surface area contributed by atoms with Gasteiger partial charge >= 0.3 is 11.9 Å². The maximum atomic E-state index is 11.3. The summed E-state index contributed by atoms with van der Waals surface area (Å²) in [7, 11) is 0. The maximum Gasteiger partial charge on any atom is 0.303 e. The van der Waals surface area contributed by atoms with E-state index in [2.05, 4.69) is 64.3 Å². The number of carbonyl (C=O) groups is 2. The lowest BCUT2D eigenvalue weighted by Crippen LogP contribution is -2.10. The Kier molecular flexibility index (Phi) is 7.66. The molecule has 214 valence electrons. The number of hydrogen-bond donors (Lipinski definition) is 0. The minimum atomic E-state index is -0.337. The van der Waals surface area contributed by atoms with Gasteiger partial charge in [0.25, 0.3) is 0 Å². The SMILES string of the molecule is CCc1ccc2cc(N(c3ccc4nc(COC(C)=O)ccc4c3)c3ccc4nc(COC(C)=O)ccc4c3)ccc2n1. The second-order valence-corrected chi connectivity index (χ2v) is 10.3. The zero-order valence-electron chi connectivity index (χ0n) is 24.2.